The molecule has 11 nitrogen and oxygen atoms in total. The minimum absolute atomic E-state index is 0.310. The molecule has 6 N–H and O–H groups in total. The topological polar surface area (TPSA) is 169 Å². The van der Waals surface area contributed by atoms with Crippen LogP contribution >= 0.6 is 11.8 Å². The van der Waals surface area contributed by atoms with E-state index in [0.29, 0.717) is 34.9 Å². The smallest absolute Gasteiger partial charge is 0.320 e. The molecule has 2 aromatic rings. The number of ether oxygens (including phenoxy) is 1. The van der Waals surface area contributed by atoms with Gasteiger partial charge in [-0.15, -0.1) is 0 Å². The molecule has 2 aromatic heterocycles. The van der Waals surface area contributed by atoms with Crippen molar-refractivity contribution in [2.75, 3.05) is 23.9 Å². The normalized spacial score (nSPS) is 26.4. The average Bonchev–Trinajstić information content (AvgIpc) is 3.20. The number of nitrogens with two attached hydrogens (primary N) is 1. The summed E-state index contributed by atoms with van der Waals surface area (Å²) in [6, 6.07) is -0.913. The summed E-state index contributed by atoms with van der Waals surface area (Å²) >= 11 is 1.41. The summed E-state index contributed by atoms with van der Waals surface area (Å²) in [7, 11) is 1.72. The summed E-state index contributed by atoms with van der Waals surface area (Å²) in [4.78, 5) is 23.3. The van der Waals surface area contributed by atoms with Gasteiger partial charge in [0.25, 0.3) is 0 Å². The van der Waals surface area contributed by atoms with Gasteiger partial charge in [-0.3, -0.25) is 9.36 Å². The van der Waals surface area contributed by atoms with Crippen molar-refractivity contribution in [1.29, 1.82) is 0 Å². The van der Waals surface area contributed by atoms with Gasteiger partial charge in [-0.2, -0.15) is 11.8 Å². The molecule has 1 aliphatic heterocycles. The number of nitrogens with one attached hydrogen (secondary N) is 1. The zero-order valence-corrected chi connectivity index (χ0v) is 15.4. The molecule has 0 amide bonds. The number of carboxylic acid groups (broad SMARTS) is 1. The second-order valence-corrected chi connectivity index (χ2v) is 7.30. The van der Waals surface area contributed by atoms with E-state index >= 15 is 0 Å². The molecule has 5 unspecified atom stereocenters. The van der Waals surface area contributed by atoms with Crippen molar-refractivity contribution in [3.63, 3.8) is 0 Å². The van der Waals surface area contributed by atoms with Gasteiger partial charge in [0.15, 0.2) is 17.7 Å². The maximum Gasteiger partial charge on any atom is 0.320 e. The summed E-state index contributed by atoms with van der Waals surface area (Å²) in [5.41, 5.74) is 6.47. The molecular formula is C15H22N6O5S. The molecule has 12 heteroatoms. The molecule has 1 fully saturated rings. The molecule has 0 bridgehead atoms. The summed E-state index contributed by atoms with van der Waals surface area (Å²) in [6.45, 7) is 0. The predicted octanol–water partition coefficient (Wildman–Crippen LogP) is -0.978. The maximum atomic E-state index is 10.7. The number of anilines is 1. The highest BCUT2D eigenvalue weighted by molar-refractivity contribution is 7.99. The maximum absolute atomic E-state index is 10.7. The van der Waals surface area contributed by atoms with Crippen molar-refractivity contribution in [1.82, 2.24) is 19.5 Å². The van der Waals surface area contributed by atoms with Crippen LogP contribution in [0.15, 0.2) is 12.7 Å². The summed E-state index contributed by atoms with van der Waals surface area (Å²) < 4.78 is 7.41. The van der Waals surface area contributed by atoms with E-state index in [9.17, 15) is 15.0 Å². The van der Waals surface area contributed by atoms with Crippen LogP contribution in [0.4, 0.5) is 5.82 Å². The highest BCUT2D eigenvalue weighted by Crippen LogP contribution is 2.33. The highest BCUT2D eigenvalue weighted by atomic mass is 32.2. The minimum Gasteiger partial charge on any atom is -0.480 e. The number of aliphatic hydroxyl groups excluding tert-OH is 2. The first kappa shape index (κ1) is 19.8. The van der Waals surface area contributed by atoms with Crippen LogP contribution in [0.1, 0.15) is 12.6 Å². The minimum atomic E-state index is -1.15. The molecule has 5 atom stereocenters. The van der Waals surface area contributed by atoms with Gasteiger partial charge in [-0.1, -0.05) is 0 Å². The standard InChI is InChI=1S/C15H22N6O5S/c1-17-12-9-13(19-5-18-12)21(6-20-9)14-11(23)10(22)8(26-14)4-27-3-2-7(16)15(24)25/h5-8,10-11,14,22-23H,2-4,16H2,1H3,(H,24,25)(H,17,18,19). The fraction of sp³-hybridized carbons (Fsp3) is 0.600. The van der Waals surface area contributed by atoms with Gasteiger partial charge in [0.1, 0.15) is 30.1 Å². The van der Waals surface area contributed by atoms with Crippen LogP contribution in [0.5, 0.6) is 0 Å². The van der Waals surface area contributed by atoms with Crippen LogP contribution < -0.4 is 11.1 Å². The number of carbonyl (C=O) groups is 1. The third-order valence-electron chi connectivity index (χ3n) is 4.38. The fourth-order valence-electron chi connectivity index (χ4n) is 2.85. The van der Waals surface area contributed by atoms with E-state index in [1.807, 2.05) is 0 Å². The molecule has 1 saturated heterocycles. The van der Waals surface area contributed by atoms with Crippen LogP contribution in [0, 0.1) is 0 Å². The molecule has 0 aromatic carbocycles. The Morgan fingerprint density at radius 1 is 1.41 bits per heavy atom. The molecule has 0 radical (unpaired) electrons. The van der Waals surface area contributed by atoms with Crippen LogP contribution in [-0.4, -0.2) is 83.7 Å². The van der Waals surface area contributed by atoms with Gasteiger partial charge in [0.05, 0.1) is 12.4 Å². The quantitative estimate of drug-likeness (QED) is 0.347. The summed E-state index contributed by atoms with van der Waals surface area (Å²) in [6.07, 6.45) is -0.507. The van der Waals surface area contributed by atoms with Crippen LogP contribution in [0.3, 0.4) is 0 Å². The number of hydrogen-bond donors (Lipinski definition) is 5. The molecule has 3 rings (SSSR count). The molecule has 0 spiro atoms. The van der Waals surface area contributed by atoms with Gasteiger partial charge >= 0.3 is 5.97 Å². The van der Waals surface area contributed by atoms with Crippen molar-refractivity contribution in [3.05, 3.63) is 12.7 Å². The average molecular weight is 398 g/mol. The Kier molecular flexibility index (Phi) is 6.11. The van der Waals surface area contributed by atoms with E-state index in [4.69, 9.17) is 15.6 Å². The molecular weight excluding hydrogens is 376 g/mol. The number of carboxylic acids is 1. The molecule has 148 valence electrons. The number of rotatable bonds is 8. The largest absolute Gasteiger partial charge is 0.480 e. The van der Waals surface area contributed by atoms with Crippen LogP contribution in [-0.2, 0) is 9.53 Å². The lowest BCUT2D eigenvalue weighted by atomic mass is 10.1. The van der Waals surface area contributed by atoms with Crippen molar-refractivity contribution in [3.8, 4) is 0 Å². The number of aliphatic carboxylic acids is 1. The van der Waals surface area contributed by atoms with E-state index in [-0.39, 0.29) is 0 Å². The first-order chi connectivity index (χ1) is 12.9. The molecule has 0 saturated carbocycles. The van der Waals surface area contributed by atoms with Crippen molar-refractivity contribution in [2.45, 2.75) is 37.0 Å². The Bertz CT molecular complexity index is 804. The number of imidazole rings is 1. The number of aliphatic hydroxyl groups is 2. The highest BCUT2D eigenvalue weighted by Gasteiger charge is 2.44. The summed E-state index contributed by atoms with van der Waals surface area (Å²) in [5, 5.41) is 32.4. The number of hydrogen-bond acceptors (Lipinski definition) is 10. The van der Waals surface area contributed by atoms with Gasteiger partial charge in [0.2, 0.25) is 0 Å². The van der Waals surface area contributed by atoms with E-state index in [1.54, 1.807) is 11.6 Å². The predicted molar refractivity (Wildman–Crippen MR) is 98.3 cm³/mol. The van der Waals surface area contributed by atoms with Gasteiger partial charge in [-0.05, 0) is 12.2 Å². The van der Waals surface area contributed by atoms with E-state index in [2.05, 4.69) is 20.3 Å². The third kappa shape index (κ3) is 3.99. The molecule has 1 aliphatic rings. The zero-order valence-electron chi connectivity index (χ0n) is 14.6. The molecule has 27 heavy (non-hydrogen) atoms. The lowest BCUT2D eigenvalue weighted by molar-refractivity contribution is -0.138. The number of aromatic nitrogens is 4. The first-order valence-electron chi connectivity index (χ1n) is 8.37. The number of nitrogens with zero attached hydrogens (tertiary/aromatic N) is 4. The Balaban J connectivity index is 1.66. The lowest BCUT2D eigenvalue weighted by Gasteiger charge is -2.16. The van der Waals surface area contributed by atoms with Gasteiger partial charge in [-0.25, -0.2) is 15.0 Å². The van der Waals surface area contributed by atoms with E-state index in [1.165, 1.54) is 24.4 Å². The molecule has 0 aliphatic carbocycles. The number of thioether (sulfide) groups is 1. The lowest BCUT2D eigenvalue weighted by Crippen LogP contribution is -2.33. The van der Waals surface area contributed by atoms with Crippen LogP contribution in [0.25, 0.3) is 11.2 Å². The Morgan fingerprint density at radius 2 is 2.19 bits per heavy atom. The Labute approximate surface area is 159 Å². The zero-order chi connectivity index (χ0) is 19.6. The van der Waals surface area contributed by atoms with Crippen molar-refractivity contribution < 1.29 is 24.9 Å². The first-order valence-corrected chi connectivity index (χ1v) is 9.52. The Morgan fingerprint density at radius 3 is 2.89 bits per heavy atom. The summed E-state index contributed by atoms with van der Waals surface area (Å²) in [5.74, 6) is 0.407. The van der Waals surface area contributed by atoms with Gasteiger partial charge < -0.3 is 31.1 Å². The van der Waals surface area contributed by atoms with Crippen molar-refractivity contribution >= 4 is 34.7 Å². The SMILES string of the molecule is CNc1ncnc2c1ncn2C1OC(CSCCC(N)C(=O)O)C(O)C1O. The molecule has 3 heterocycles. The number of fused-ring (bicyclic) bond motifs is 1. The van der Waals surface area contributed by atoms with Crippen LogP contribution in [0.2, 0.25) is 0 Å². The van der Waals surface area contributed by atoms with Gasteiger partial charge in [0, 0.05) is 12.8 Å². The van der Waals surface area contributed by atoms with Crippen molar-refractivity contribution in [2.24, 2.45) is 5.73 Å². The fourth-order valence-corrected chi connectivity index (χ4v) is 3.95. The second kappa shape index (κ2) is 8.35. The van der Waals surface area contributed by atoms with E-state index < -0.39 is 36.6 Å². The van der Waals surface area contributed by atoms with E-state index in [0.717, 1.165) is 0 Å². The third-order valence-corrected chi connectivity index (χ3v) is 5.47. The Hall–Kier alpha value is -1.99. The monoisotopic (exact) mass is 398 g/mol. The second-order valence-electron chi connectivity index (χ2n) is 6.15.